The van der Waals surface area contributed by atoms with Crippen molar-refractivity contribution >= 4 is 5.97 Å². The molecule has 0 unspecified atom stereocenters. The van der Waals surface area contributed by atoms with Crippen LogP contribution >= 0.6 is 0 Å². The van der Waals surface area contributed by atoms with Crippen molar-refractivity contribution in [1.29, 1.82) is 0 Å². The maximum absolute atomic E-state index is 12.8. The highest BCUT2D eigenvalue weighted by molar-refractivity contribution is 5.68. The number of esters is 1. The molecule has 1 aromatic heterocycles. The predicted molar refractivity (Wildman–Crippen MR) is 72.5 cm³/mol. The summed E-state index contributed by atoms with van der Waals surface area (Å²) >= 11 is 0. The zero-order chi connectivity index (χ0) is 14.4. The smallest absolute Gasteiger partial charge is 0.309 e. The summed E-state index contributed by atoms with van der Waals surface area (Å²) in [5.74, 6) is -0.350. The molecule has 1 aromatic carbocycles. The van der Waals surface area contributed by atoms with E-state index >= 15 is 0 Å². The van der Waals surface area contributed by atoms with Gasteiger partial charge in [-0.15, -0.1) is 0 Å². The van der Waals surface area contributed by atoms with Crippen LogP contribution in [-0.4, -0.2) is 11.0 Å². The van der Waals surface area contributed by atoms with Gasteiger partial charge in [0.05, 0.1) is 5.69 Å². The number of pyridine rings is 1. The Morgan fingerprint density at radius 2 is 1.95 bits per heavy atom. The zero-order valence-electron chi connectivity index (χ0n) is 11.1. The Labute approximate surface area is 116 Å². The summed E-state index contributed by atoms with van der Waals surface area (Å²) in [6.07, 6.45) is 0. The normalized spacial score (nSPS) is 10.3. The third-order valence-corrected chi connectivity index (χ3v) is 2.58. The molecule has 0 fully saturated rings. The van der Waals surface area contributed by atoms with Crippen LogP contribution in [0.5, 0.6) is 5.88 Å². The summed E-state index contributed by atoms with van der Waals surface area (Å²) in [7, 11) is 0. The van der Waals surface area contributed by atoms with E-state index in [1.165, 1.54) is 19.1 Å². The fraction of sp³-hybridized carbons (Fsp3) is 0.200. The predicted octanol–water partition coefficient (Wildman–Crippen LogP) is 2.44. The number of rotatable bonds is 5. The van der Waals surface area contributed by atoms with E-state index in [-0.39, 0.29) is 5.82 Å². The minimum Gasteiger partial charge on any atom is -0.408 e. The van der Waals surface area contributed by atoms with Gasteiger partial charge >= 0.3 is 5.97 Å². The maximum Gasteiger partial charge on any atom is 0.309 e. The fourth-order valence-electron chi connectivity index (χ4n) is 1.70. The van der Waals surface area contributed by atoms with Gasteiger partial charge in [0.1, 0.15) is 5.82 Å². The topological polar surface area (TPSA) is 51.2 Å². The number of nitrogens with zero attached hydrogens (tertiary/aromatic N) is 1. The number of halogens is 1. The van der Waals surface area contributed by atoms with E-state index in [2.05, 4.69) is 10.3 Å². The molecule has 2 aromatic rings. The highest BCUT2D eigenvalue weighted by Crippen LogP contribution is 2.08. The van der Waals surface area contributed by atoms with Crippen LogP contribution in [0.4, 0.5) is 4.39 Å². The molecule has 0 saturated carbocycles. The highest BCUT2D eigenvalue weighted by atomic mass is 19.1. The second-order valence-electron chi connectivity index (χ2n) is 4.29. The van der Waals surface area contributed by atoms with Crippen molar-refractivity contribution < 1.29 is 13.9 Å². The molecule has 0 aliphatic heterocycles. The summed E-state index contributed by atoms with van der Waals surface area (Å²) in [4.78, 5) is 15.0. The number of hydrogen-bond acceptors (Lipinski definition) is 4. The van der Waals surface area contributed by atoms with Crippen LogP contribution in [0.3, 0.4) is 0 Å². The zero-order valence-corrected chi connectivity index (χ0v) is 11.1. The Hall–Kier alpha value is -2.27. The van der Waals surface area contributed by atoms with E-state index in [9.17, 15) is 9.18 Å². The van der Waals surface area contributed by atoms with Crippen LogP contribution in [0.2, 0.25) is 0 Å². The van der Waals surface area contributed by atoms with Gasteiger partial charge in [-0.25, -0.2) is 9.37 Å². The number of hydrogen-bond donors (Lipinski definition) is 1. The molecule has 0 aliphatic carbocycles. The molecule has 1 heterocycles. The average molecular weight is 274 g/mol. The van der Waals surface area contributed by atoms with Crippen LogP contribution in [0.1, 0.15) is 18.2 Å². The molecule has 0 atom stereocenters. The van der Waals surface area contributed by atoms with Gasteiger partial charge in [0.2, 0.25) is 5.88 Å². The van der Waals surface area contributed by atoms with E-state index in [1.807, 2.05) is 6.07 Å². The highest BCUT2D eigenvalue weighted by Gasteiger charge is 2.01. The fourth-order valence-corrected chi connectivity index (χ4v) is 1.70. The monoisotopic (exact) mass is 274 g/mol. The molecule has 0 amide bonds. The van der Waals surface area contributed by atoms with Crippen molar-refractivity contribution in [3.05, 3.63) is 59.5 Å². The van der Waals surface area contributed by atoms with Gasteiger partial charge < -0.3 is 10.1 Å². The van der Waals surface area contributed by atoms with Gasteiger partial charge in [0.15, 0.2) is 0 Å². The molecular formula is C15H15FN2O2. The molecule has 0 radical (unpaired) electrons. The SMILES string of the molecule is CC(=O)Oc1cccc(CNCc2ccc(F)cc2)n1. The van der Waals surface area contributed by atoms with Crippen LogP contribution in [-0.2, 0) is 17.9 Å². The van der Waals surface area contributed by atoms with Crippen molar-refractivity contribution in [1.82, 2.24) is 10.3 Å². The summed E-state index contributed by atoms with van der Waals surface area (Å²) in [6, 6.07) is 11.6. The van der Waals surface area contributed by atoms with Crippen molar-refractivity contribution in [2.24, 2.45) is 0 Å². The molecule has 1 N–H and O–H groups in total. The summed E-state index contributed by atoms with van der Waals surface area (Å²) in [6.45, 7) is 2.48. The third kappa shape index (κ3) is 4.44. The molecule has 0 bridgehead atoms. The van der Waals surface area contributed by atoms with Gasteiger partial charge in [0.25, 0.3) is 0 Å². The first kappa shape index (κ1) is 14.1. The van der Waals surface area contributed by atoms with Crippen LogP contribution < -0.4 is 10.1 Å². The van der Waals surface area contributed by atoms with Crippen molar-refractivity contribution in [3.8, 4) is 5.88 Å². The van der Waals surface area contributed by atoms with Gasteiger partial charge in [-0.1, -0.05) is 18.2 Å². The second-order valence-corrected chi connectivity index (χ2v) is 4.29. The van der Waals surface area contributed by atoms with Crippen molar-refractivity contribution in [3.63, 3.8) is 0 Å². The number of aromatic nitrogens is 1. The van der Waals surface area contributed by atoms with E-state index in [0.717, 1.165) is 11.3 Å². The third-order valence-electron chi connectivity index (χ3n) is 2.58. The van der Waals surface area contributed by atoms with E-state index in [4.69, 9.17) is 4.74 Å². The lowest BCUT2D eigenvalue weighted by Crippen LogP contribution is -2.14. The number of ether oxygens (including phenoxy) is 1. The van der Waals surface area contributed by atoms with E-state index in [0.29, 0.717) is 19.0 Å². The molecule has 20 heavy (non-hydrogen) atoms. The largest absolute Gasteiger partial charge is 0.408 e. The average Bonchev–Trinajstić information content (AvgIpc) is 2.41. The number of nitrogens with one attached hydrogen (secondary N) is 1. The van der Waals surface area contributed by atoms with Gasteiger partial charge in [-0.2, -0.15) is 0 Å². The molecule has 2 rings (SSSR count). The molecular weight excluding hydrogens is 259 g/mol. The minimum atomic E-state index is -0.395. The van der Waals surface area contributed by atoms with Gasteiger partial charge in [0, 0.05) is 26.1 Å². The summed E-state index contributed by atoms with van der Waals surface area (Å²) < 4.78 is 17.7. The summed E-state index contributed by atoms with van der Waals surface area (Å²) in [5, 5.41) is 3.19. The van der Waals surface area contributed by atoms with E-state index in [1.54, 1.807) is 24.3 Å². The first-order valence-electron chi connectivity index (χ1n) is 6.23. The van der Waals surface area contributed by atoms with Gasteiger partial charge in [-0.3, -0.25) is 4.79 Å². The quantitative estimate of drug-likeness (QED) is 0.851. The Kier molecular flexibility index (Phi) is 4.79. The second kappa shape index (κ2) is 6.77. The number of carbonyl (C=O) groups is 1. The van der Waals surface area contributed by atoms with Crippen molar-refractivity contribution in [2.75, 3.05) is 0 Å². The first-order valence-corrected chi connectivity index (χ1v) is 6.23. The van der Waals surface area contributed by atoms with Gasteiger partial charge in [-0.05, 0) is 23.8 Å². The lowest BCUT2D eigenvalue weighted by molar-refractivity contribution is -0.132. The van der Waals surface area contributed by atoms with Crippen LogP contribution in [0, 0.1) is 5.82 Å². The molecule has 0 aliphatic rings. The molecule has 5 heteroatoms. The number of carbonyl (C=O) groups excluding carboxylic acids is 1. The Morgan fingerprint density at radius 3 is 2.65 bits per heavy atom. The van der Waals surface area contributed by atoms with E-state index < -0.39 is 5.97 Å². The summed E-state index contributed by atoms with van der Waals surface area (Å²) in [5.41, 5.74) is 1.76. The van der Waals surface area contributed by atoms with Crippen molar-refractivity contribution in [2.45, 2.75) is 20.0 Å². The maximum atomic E-state index is 12.8. The van der Waals surface area contributed by atoms with Crippen LogP contribution in [0.25, 0.3) is 0 Å². The Bertz CT molecular complexity index is 585. The molecule has 0 spiro atoms. The molecule has 4 nitrogen and oxygen atoms in total. The Balaban J connectivity index is 1.87. The minimum absolute atomic E-state index is 0.246. The standard InChI is InChI=1S/C15H15FN2O2/c1-11(19)20-15-4-2-3-14(18-15)10-17-9-12-5-7-13(16)8-6-12/h2-8,17H,9-10H2,1H3. The first-order chi connectivity index (χ1) is 9.63. The Morgan fingerprint density at radius 1 is 1.20 bits per heavy atom. The lowest BCUT2D eigenvalue weighted by Gasteiger charge is -2.06. The molecule has 0 saturated heterocycles. The number of benzene rings is 1. The lowest BCUT2D eigenvalue weighted by atomic mass is 10.2. The van der Waals surface area contributed by atoms with Crippen LogP contribution in [0.15, 0.2) is 42.5 Å². The molecule has 104 valence electrons.